The van der Waals surface area contributed by atoms with E-state index in [0.717, 1.165) is 35.1 Å². The molecule has 1 aromatic carbocycles. The zero-order valence-electron chi connectivity index (χ0n) is 15.0. The molecule has 5 heteroatoms. The molecule has 1 aliphatic rings. The van der Waals surface area contributed by atoms with E-state index in [-0.39, 0.29) is 6.04 Å². The minimum atomic E-state index is -3.56. The third-order valence-corrected chi connectivity index (χ3v) is 7.52. The average Bonchev–Trinajstić information content (AvgIpc) is 3.24. The molecule has 0 saturated heterocycles. The van der Waals surface area contributed by atoms with Crippen LogP contribution in [0.2, 0.25) is 0 Å². The van der Waals surface area contributed by atoms with Gasteiger partial charge in [-0.25, -0.2) is 8.42 Å². The molecule has 130 valence electrons. The molecule has 1 aliphatic carbocycles. The van der Waals surface area contributed by atoms with Crippen LogP contribution in [0.3, 0.4) is 0 Å². The maximum Gasteiger partial charge on any atom is 0.244 e. The van der Waals surface area contributed by atoms with Gasteiger partial charge in [0, 0.05) is 6.04 Å². The second-order valence-corrected chi connectivity index (χ2v) is 8.64. The summed E-state index contributed by atoms with van der Waals surface area (Å²) in [6, 6.07) is 3.71. The summed E-state index contributed by atoms with van der Waals surface area (Å²) >= 11 is 0. The Morgan fingerprint density at radius 2 is 1.54 bits per heavy atom. The first-order valence-electron chi connectivity index (χ1n) is 8.36. The van der Waals surface area contributed by atoms with E-state index < -0.39 is 10.0 Å². The lowest BCUT2D eigenvalue weighted by Crippen LogP contribution is -2.33. The summed E-state index contributed by atoms with van der Waals surface area (Å²) in [7, 11) is -3.56. The third kappa shape index (κ3) is 2.80. The number of furan rings is 1. The molecule has 0 aliphatic heterocycles. The second kappa shape index (κ2) is 6.05. The lowest BCUT2D eigenvalue weighted by atomic mass is 9.95. The molecular weight excluding hydrogens is 322 g/mol. The van der Waals surface area contributed by atoms with Crippen LogP contribution in [-0.4, -0.2) is 18.8 Å². The van der Waals surface area contributed by atoms with Gasteiger partial charge in [0.1, 0.15) is 5.76 Å². The van der Waals surface area contributed by atoms with Gasteiger partial charge >= 0.3 is 0 Å². The summed E-state index contributed by atoms with van der Waals surface area (Å²) in [5, 5.41) is 0. The van der Waals surface area contributed by atoms with E-state index in [0.29, 0.717) is 17.2 Å². The van der Waals surface area contributed by atoms with Gasteiger partial charge in [0.15, 0.2) is 0 Å². The monoisotopic (exact) mass is 347 g/mol. The predicted octanol–water partition coefficient (Wildman–Crippen LogP) is 4.18. The number of benzene rings is 1. The Bertz CT molecular complexity index is 834. The fourth-order valence-corrected chi connectivity index (χ4v) is 5.51. The van der Waals surface area contributed by atoms with Crippen molar-refractivity contribution in [1.29, 1.82) is 0 Å². The first-order valence-corrected chi connectivity index (χ1v) is 9.80. The average molecular weight is 347 g/mol. The quantitative estimate of drug-likeness (QED) is 0.815. The smallest absolute Gasteiger partial charge is 0.244 e. The summed E-state index contributed by atoms with van der Waals surface area (Å²) in [6.07, 6.45) is 3.42. The van der Waals surface area contributed by atoms with E-state index in [1.165, 1.54) is 5.56 Å². The molecule has 0 radical (unpaired) electrons. The zero-order chi connectivity index (χ0) is 17.6. The first-order chi connectivity index (χ1) is 11.2. The van der Waals surface area contributed by atoms with E-state index in [1.807, 2.05) is 33.8 Å². The fraction of sp³-hybridized carbons (Fsp3) is 0.474. The molecule has 1 saturated carbocycles. The van der Waals surface area contributed by atoms with Crippen LogP contribution in [0.15, 0.2) is 27.7 Å². The highest BCUT2D eigenvalue weighted by molar-refractivity contribution is 7.89. The number of rotatable bonds is 5. The van der Waals surface area contributed by atoms with Crippen molar-refractivity contribution < 1.29 is 12.8 Å². The van der Waals surface area contributed by atoms with Crippen LogP contribution in [0.5, 0.6) is 0 Å². The predicted molar refractivity (Wildman–Crippen MR) is 94.6 cm³/mol. The van der Waals surface area contributed by atoms with Crippen molar-refractivity contribution in [3.05, 3.63) is 52.0 Å². The van der Waals surface area contributed by atoms with Crippen molar-refractivity contribution in [3.63, 3.8) is 0 Å². The minimum Gasteiger partial charge on any atom is -0.468 e. The first kappa shape index (κ1) is 17.2. The Kier molecular flexibility index (Phi) is 4.34. The van der Waals surface area contributed by atoms with Crippen LogP contribution >= 0.6 is 0 Å². The summed E-state index contributed by atoms with van der Waals surface area (Å²) in [5.41, 5.74) is 5.02. The van der Waals surface area contributed by atoms with Gasteiger partial charge in [-0.1, -0.05) is 0 Å². The second-order valence-electron chi connectivity index (χ2n) is 6.81. The Labute approximate surface area is 144 Å². The van der Waals surface area contributed by atoms with Crippen molar-refractivity contribution in [2.45, 2.75) is 64.9 Å². The van der Waals surface area contributed by atoms with Crippen molar-refractivity contribution in [2.24, 2.45) is 0 Å². The maximum absolute atomic E-state index is 13.5. The molecule has 1 aromatic heterocycles. The van der Waals surface area contributed by atoms with Gasteiger partial charge in [0.05, 0.1) is 17.7 Å². The Balaban J connectivity index is 2.12. The lowest BCUT2D eigenvalue weighted by Gasteiger charge is -2.25. The Morgan fingerprint density at radius 1 is 1.00 bits per heavy atom. The molecule has 0 amide bonds. The molecule has 0 atom stereocenters. The molecule has 0 N–H and O–H groups in total. The highest BCUT2D eigenvalue weighted by atomic mass is 32.2. The molecule has 1 heterocycles. The van der Waals surface area contributed by atoms with E-state index in [1.54, 1.807) is 16.6 Å². The number of nitrogens with zero attached hydrogens (tertiary/aromatic N) is 1. The summed E-state index contributed by atoms with van der Waals surface area (Å²) < 4.78 is 34.0. The SMILES string of the molecule is Cc1c(C)c(C)c(S(=O)(=O)N(Cc2ccco2)C2CC2)c(C)c1C. The summed E-state index contributed by atoms with van der Waals surface area (Å²) in [6.45, 7) is 10.2. The molecule has 1 fully saturated rings. The van der Waals surface area contributed by atoms with Gasteiger partial charge in [-0.05, 0) is 87.4 Å². The molecule has 0 bridgehead atoms. The highest BCUT2D eigenvalue weighted by Gasteiger charge is 2.40. The van der Waals surface area contributed by atoms with Crippen LogP contribution in [0, 0.1) is 34.6 Å². The molecular formula is C19H25NO3S. The minimum absolute atomic E-state index is 0.0841. The number of hydrogen-bond acceptors (Lipinski definition) is 3. The van der Waals surface area contributed by atoms with Gasteiger partial charge in [-0.15, -0.1) is 0 Å². The van der Waals surface area contributed by atoms with E-state index in [2.05, 4.69) is 6.92 Å². The van der Waals surface area contributed by atoms with E-state index in [4.69, 9.17) is 4.42 Å². The van der Waals surface area contributed by atoms with Crippen LogP contribution in [-0.2, 0) is 16.6 Å². The van der Waals surface area contributed by atoms with E-state index in [9.17, 15) is 8.42 Å². The fourth-order valence-electron chi connectivity index (χ4n) is 3.30. The van der Waals surface area contributed by atoms with Crippen LogP contribution < -0.4 is 0 Å². The molecule has 4 nitrogen and oxygen atoms in total. The lowest BCUT2D eigenvalue weighted by molar-refractivity contribution is 0.356. The van der Waals surface area contributed by atoms with Gasteiger partial charge < -0.3 is 4.42 Å². The summed E-state index contributed by atoms with van der Waals surface area (Å²) in [4.78, 5) is 0.474. The normalized spacial score (nSPS) is 15.2. The summed E-state index contributed by atoms with van der Waals surface area (Å²) in [5.74, 6) is 0.682. The van der Waals surface area contributed by atoms with Crippen LogP contribution in [0.4, 0.5) is 0 Å². The molecule has 24 heavy (non-hydrogen) atoms. The molecule has 0 spiro atoms. The third-order valence-electron chi connectivity index (χ3n) is 5.34. The van der Waals surface area contributed by atoms with Crippen molar-refractivity contribution >= 4 is 10.0 Å². The largest absolute Gasteiger partial charge is 0.468 e. The van der Waals surface area contributed by atoms with Crippen molar-refractivity contribution in [3.8, 4) is 0 Å². The van der Waals surface area contributed by atoms with Gasteiger partial charge in [0.25, 0.3) is 0 Å². The maximum atomic E-state index is 13.5. The van der Waals surface area contributed by atoms with Gasteiger partial charge in [0.2, 0.25) is 10.0 Å². The van der Waals surface area contributed by atoms with Gasteiger partial charge in [-0.3, -0.25) is 0 Å². The van der Waals surface area contributed by atoms with E-state index >= 15 is 0 Å². The topological polar surface area (TPSA) is 50.5 Å². The standard InChI is InChI=1S/C19H25NO3S/c1-12-13(2)15(4)19(16(5)14(12)3)24(21,22)20(17-8-9-17)11-18-7-6-10-23-18/h6-7,10,17H,8-9,11H2,1-5H3. The highest BCUT2D eigenvalue weighted by Crippen LogP contribution is 2.37. The number of sulfonamides is 1. The van der Waals surface area contributed by atoms with Crippen molar-refractivity contribution in [1.82, 2.24) is 4.31 Å². The van der Waals surface area contributed by atoms with Crippen molar-refractivity contribution in [2.75, 3.05) is 0 Å². The molecule has 0 unspecified atom stereocenters. The molecule has 2 aromatic rings. The zero-order valence-corrected chi connectivity index (χ0v) is 15.8. The Morgan fingerprint density at radius 3 is 2.00 bits per heavy atom. The number of hydrogen-bond donors (Lipinski definition) is 0. The Hall–Kier alpha value is -1.59. The molecule has 3 rings (SSSR count). The van der Waals surface area contributed by atoms with Crippen LogP contribution in [0.1, 0.15) is 46.4 Å². The van der Waals surface area contributed by atoms with Crippen LogP contribution in [0.25, 0.3) is 0 Å². The van der Waals surface area contributed by atoms with Gasteiger partial charge in [-0.2, -0.15) is 4.31 Å².